The molecule has 1 aromatic heterocycles. The van der Waals surface area contributed by atoms with Crippen LogP contribution >= 0.6 is 11.3 Å². The van der Waals surface area contributed by atoms with E-state index < -0.39 is 0 Å². The highest BCUT2D eigenvalue weighted by molar-refractivity contribution is 7.10. The van der Waals surface area contributed by atoms with Crippen LogP contribution in [0.15, 0.2) is 23.6 Å². The molecule has 1 aromatic rings. The molecule has 0 atom stereocenters. The number of likely N-dealkylation sites (N-methyl/N-ethyl adjacent to an activating group) is 1. The number of carbonyl (C=O) groups excluding carboxylic acids is 1. The fourth-order valence-electron chi connectivity index (χ4n) is 2.31. The molecule has 1 fully saturated rings. The summed E-state index contributed by atoms with van der Waals surface area (Å²) in [6, 6.07) is 4.47. The van der Waals surface area contributed by atoms with Gasteiger partial charge >= 0.3 is 0 Å². The molecular formula is C14H19NOS. The molecule has 1 aliphatic rings. The minimum absolute atomic E-state index is 0.130. The first-order valence-electron chi connectivity index (χ1n) is 6.26. The second-order valence-corrected chi connectivity index (χ2v) is 5.57. The van der Waals surface area contributed by atoms with Crippen LogP contribution in [0.2, 0.25) is 0 Å². The van der Waals surface area contributed by atoms with Crippen molar-refractivity contribution in [2.45, 2.75) is 38.1 Å². The Bertz CT molecular complexity index is 377. The summed E-state index contributed by atoms with van der Waals surface area (Å²) in [4.78, 5) is 15.0. The highest BCUT2D eigenvalue weighted by Crippen LogP contribution is 2.22. The highest BCUT2D eigenvalue weighted by atomic mass is 32.1. The monoisotopic (exact) mass is 249 g/mol. The van der Waals surface area contributed by atoms with Crippen molar-refractivity contribution in [3.8, 4) is 0 Å². The van der Waals surface area contributed by atoms with E-state index in [-0.39, 0.29) is 5.91 Å². The second kappa shape index (κ2) is 6.01. The molecule has 2 nitrogen and oxygen atoms in total. The Kier molecular flexibility index (Phi) is 4.37. The molecule has 0 spiro atoms. The van der Waals surface area contributed by atoms with E-state index in [9.17, 15) is 4.79 Å². The molecule has 0 aliphatic heterocycles. The summed E-state index contributed by atoms with van der Waals surface area (Å²) in [5.74, 6) is 0.130. The summed E-state index contributed by atoms with van der Waals surface area (Å²) in [5.41, 5.74) is 0. The maximum Gasteiger partial charge on any atom is 0.246 e. The van der Waals surface area contributed by atoms with E-state index in [0.717, 1.165) is 17.7 Å². The van der Waals surface area contributed by atoms with Crippen LogP contribution in [0.4, 0.5) is 0 Å². The quantitative estimate of drug-likeness (QED) is 0.750. The number of nitrogens with zero attached hydrogens (tertiary/aromatic N) is 1. The van der Waals surface area contributed by atoms with Gasteiger partial charge in [0.05, 0.1) is 0 Å². The van der Waals surface area contributed by atoms with E-state index in [4.69, 9.17) is 0 Å². The smallest absolute Gasteiger partial charge is 0.246 e. The Hall–Kier alpha value is -1.09. The van der Waals surface area contributed by atoms with Crippen molar-refractivity contribution in [3.05, 3.63) is 28.5 Å². The third kappa shape index (κ3) is 3.43. The van der Waals surface area contributed by atoms with Gasteiger partial charge in [0, 0.05) is 24.0 Å². The standard InChI is InChI=1S/C14H19NOS/c1-15(12-6-3-2-4-7-12)14(16)10-9-13-8-5-11-17-13/h5,8-12H,2-4,6-7H2,1H3/b10-9+. The van der Waals surface area contributed by atoms with E-state index in [0.29, 0.717) is 6.04 Å². The Morgan fingerprint density at radius 2 is 2.18 bits per heavy atom. The van der Waals surface area contributed by atoms with Gasteiger partial charge in [0.2, 0.25) is 5.91 Å². The molecule has 0 radical (unpaired) electrons. The van der Waals surface area contributed by atoms with Crippen molar-refractivity contribution in [2.75, 3.05) is 7.05 Å². The van der Waals surface area contributed by atoms with Crippen molar-refractivity contribution >= 4 is 23.3 Å². The summed E-state index contributed by atoms with van der Waals surface area (Å²) in [6.07, 6.45) is 9.77. The Morgan fingerprint density at radius 1 is 1.41 bits per heavy atom. The normalized spacial score (nSPS) is 17.5. The summed E-state index contributed by atoms with van der Waals surface area (Å²) in [7, 11) is 1.93. The lowest BCUT2D eigenvalue weighted by molar-refractivity contribution is -0.127. The molecule has 1 saturated carbocycles. The van der Waals surface area contributed by atoms with Crippen LogP contribution in [-0.2, 0) is 4.79 Å². The van der Waals surface area contributed by atoms with Gasteiger partial charge in [-0.15, -0.1) is 11.3 Å². The van der Waals surface area contributed by atoms with Gasteiger partial charge in [-0.1, -0.05) is 25.3 Å². The van der Waals surface area contributed by atoms with E-state index in [1.807, 2.05) is 35.5 Å². The van der Waals surface area contributed by atoms with E-state index in [1.165, 1.54) is 19.3 Å². The van der Waals surface area contributed by atoms with Gasteiger partial charge in [0.15, 0.2) is 0 Å². The molecule has 1 heterocycles. The summed E-state index contributed by atoms with van der Waals surface area (Å²) in [6.45, 7) is 0. The third-order valence-electron chi connectivity index (χ3n) is 3.40. The lowest BCUT2D eigenvalue weighted by Gasteiger charge is -2.30. The molecule has 0 bridgehead atoms. The lowest BCUT2D eigenvalue weighted by atomic mass is 9.94. The van der Waals surface area contributed by atoms with Gasteiger partial charge in [0.1, 0.15) is 0 Å². The zero-order chi connectivity index (χ0) is 12.1. The number of carbonyl (C=O) groups is 1. The Morgan fingerprint density at radius 3 is 2.82 bits per heavy atom. The lowest BCUT2D eigenvalue weighted by Crippen LogP contribution is -2.37. The molecule has 0 N–H and O–H groups in total. The first kappa shape index (κ1) is 12.4. The Labute approximate surface area is 107 Å². The van der Waals surface area contributed by atoms with Crippen LogP contribution in [0.25, 0.3) is 6.08 Å². The number of rotatable bonds is 3. The zero-order valence-electron chi connectivity index (χ0n) is 10.3. The average Bonchev–Trinajstić information content (AvgIpc) is 2.89. The largest absolute Gasteiger partial charge is 0.339 e. The summed E-state index contributed by atoms with van der Waals surface area (Å²) >= 11 is 1.65. The fourth-order valence-corrected chi connectivity index (χ4v) is 2.92. The van der Waals surface area contributed by atoms with Crippen LogP contribution in [0.5, 0.6) is 0 Å². The molecule has 1 aliphatic carbocycles. The highest BCUT2D eigenvalue weighted by Gasteiger charge is 2.20. The second-order valence-electron chi connectivity index (χ2n) is 4.59. The first-order valence-corrected chi connectivity index (χ1v) is 7.14. The van der Waals surface area contributed by atoms with Crippen LogP contribution < -0.4 is 0 Å². The van der Waals surface area contributed by atoms with Crippen LogP contribution in [-0.4, -0.2) is 23.9 Å². The van der Waals surface area contributed by atoms with Crippen molar-refractivity contribution in [2.24, 2.45) is 0 Å². The predicted molar refractivity (Wildman–Crippen MR) is 73.0 cm³/mol. The van der Waals surface area contributed by atoms with Gasteiger partial charge in [-0.25, -0.2) is 0 Å². The maximum absolute atomic E-state index is 12.0. The van der Waals surface area contributed by atoms with E-state index >= 15 is 0 Å². The number of thiophene rings is 1. The van der Waals surface area contributed by atoms with Gasteiger partial charge in [-0.05, 0) is 30.4 Å². The number of hydrogen-bond acceptors (Lipinski definition) is 2. The molecule has 1 amide bonds. The fraction of sp³-hybridized carbons (Fsp3) is 0.500. The summed E-state index contributed by atoms with van der Waals surface area (Å²) in [5, 5.41) is 2.02. The van der Waals surface area contributed by atoms with Gasteiger partial charge < -0.3 is 4.90 Å². The third-order valence-corrected chi connectivity index (χ3v) is 4.24. The van der Waals surface area contributed by atoms with Crippen molar-refractivity contribution in [3.63, 3.8) is 0 Å². The SMILES string of the molecule is CN(C(=O)/C=C/c1cccs1)C1CCCCC1. The van der Waals surface area contributed by atoms with E-state index in [2.05, 4.69) is 0 Å². The van der Waals surface area contributed by atoms with Crippen molar-refractivity contribution in [1.82, 2.24) is 4.90 Å². The van der Waals surface area contributed by atoms with Crippen LogP contribution in [0, 0.1) is 0 Å². The van der Waals surface area contributed by atoms with Crippen molar-refractivity contribution in [1.29, 1.82) is 0 Å². The minimum atomic E-state index is 0.130. The topological polar surface area (TPSA) is 20.3 Å². The molecule has 2 rings (SSSR count). The molecule has 17 heavy (non-hydrogen) atoms. The van der Waals surface area contributed by atoms with Gasteiger partial charge in [0.25, 0.3) is 0 Å². The molecule has 0 saturated heterocycles. The van der Waals surface area contributed by atoms with Crippen LogP contribution in [0.1, 0.15) is 37.0 Å². The molecular weight excluding hydrogens is 230 g/mol. The first-order chi connectivity index (χ1) is 8.27. The predicted octanol–water partition coefficient (Wildman–Crippen LogP) is 3.55. The maximum atomic E-state index is 12.0. The van der Waals surface area contributed by atoms with Gasteiger partial charge in [-0.2, -0.15) is 0 Å². The molecule has 92 valence electrons. The average molecular weight is 249 g/mol. The summed E-state index contributed by atoms with van der Waals surface area (Å²) < 4.78 is 0. The zero-order valence-corrected chi connectivity index (χ0v) is 11.1. The van der Waals surface area contributed by atoms with Crippen LogP contribution in [0.3, 0.4) is 0 Å². The number of hydrogen-bond donors (Lipinski definition) is 0. The van der Waals surface area contributed by atoms with E-state index in [1.54, 1.807) is 17.4 Å². The molecule has 0 aromatic carbocycles. The van der Waals surface area contributed by atoms with Crippen molar-refractivity contribution < 1.29 is 4.79 Å². The Balaban J connectivity index is 1.90. The number of amides is 1. The minimum Gasteiger partial charge on any atom is -0.339 e. The molecule has 3 heteroatoms. The molecule has 0 unspecified atom stereocenters. The van der Waals surface area contributed by atoms with Gasteiger partial charge in [-0.3, -0.25) is 4.79 Å².